The lowest BCUT2D eigenvalue weighted by Crippen LogP contribution is -2.41. The minimum Gasteiger partial charge on any atom is -0.492 e. The third kappa shape index (κ3) is 3.63. The SMILES string of the molecule is Cc1cc(C)cc(OCCN2C(=O)NC(C)(c3ccc(C#N)cc3)C2=O)c1. The summed E-state index contributed by atoms with van der Waals surface area (Å²) in [7, 11) is 0. The van der Waals surface area contributed by atoms with Gasteiger partial charge in [0.25, 0.3) is 5.91 Å². The summed E-state index contributed by atoms with van der Waals surface area (Å²) in [5, 5.41) is 11.7. The van der Waals surface area contributed by atoms with Crippen LogP contribution in [0.1, 0.15) is 29.2 Å². The fraction of sp³-hybridized carbons (Fsp3) is 0.286. The van der Waals surface area contributed by atoms with E-state index >= 15 is 0 Å². The minimum absolute atomic E-state index is 0.156. The number of hydrogen-bond acceptors (Lipinski definition) is 4. The number of rotatable bonds is 5. The number of nitrogens with one attached hydrogen (secondary N) is 1. The van der Waals surface area contributed by atoms with Crippen molar-refractivity contribution in [1.29, 1.82) is 5.26 Å². The molecular weight excluding hydrogens is 342 g/mol. The van der Waals surface area contributed by atoms with Gasteiger partial charge in [-0.25, -0.2) is 4.79 Å². The first-order valence-corrected chi connectivity index (χ1v) is 8.69. The van der Waals surface area contributed by atoms with Gasteiger partial charge in [-0.05, 0) is 61.7 Å². The van der Waals surface area contributed by atoms with E-state index < -0.39 is 11.6 Å². The lowest BCUT2D eigenvalue weighted by molar-refractivity contribution is -0.131. The molecule has 1 aliphatic heterocycles. The van der Waals surface area contributed by atoms with Crippen LogP contribution in [0, 0.1) is 25.2 Å². The number of imide groups is 1. The van der Waals surface area contributed by atoms with E-state index in [1.54, 1.807) is 31.2 Å². The quantitative estimate of drug-likeness (QED) is 0.828. The van der Waals surface area contributed by atoms with Gasteiger partial charge in [-0.3, -0.25) is 9.69 Å². The maximum Gasteiger partial charge on any atom is 0.325 e. The molecule has 1 unspecified atom stereocenters. The first kappa shape index (κ1) is 18.5. The lowest BCUT2D eigenvalue weighted by atomic mass is 9.91. The van der Waals surface area contributed by atoms with Crippen molar-refractivity contribution in [1.82, 2.24) is 10.2 Å². The highest BCUT2D eigenvalue weighted by Gasteiger charge is 2.48. The van der Waals surface area contributed by atoms with Gasteiger partial charge in [0.1, 0.15) is 17.9 Å². The third-order valence-electron chi connectivity index (χ3n) is 4.65. The van der Waals surface area contributed by atoms with Gasteiger partial charge in [0, 0.05) is 0 Å². The molecule has 2 aromatic carbocycles. The summed E-state index contributed by atoms with van der Waals surface area (Å²) in [5.41, 5.74) is 2.17. The van der Waals surface area contributed by atoms with Crippen molar-refractivity contribution < 1.29 is 14.3 Å². The van der Waals surface area contributed by atoms with Gasteiger partial charge in [-0.1, -0.05) is 18.2 Å². The molecule has 1 saturated heterocycles. The number of hydrogen-bond donors (Lipinski definition) is 1. The van der Waals surface area contributed by atoms with Gasteiger partial charge >= 0.3 is 6.03 Å². The highest BCUT2D eigenvalue weighted by atomic mass is 16.5. The number of nitrogens with zero attached hydrogens (tertiary/aromatic N) is 2. The Kier molecular flexibility index (Phi) is 4.87. The fourth-order valence-electron chi connectivity index (χ4n) is 3.24. The van der Waals surface area contributed by atoms with Crippen LogP contribution in [-0.4, -0.2) is 30.0 Å². The number of benzene rings is 2. The third-order valence-corrected chi connectivity index (χ3v) is 4.65. The molecule has 6 heteroatoms. The van der Waals surface area contributed by atoms with Gasteiger partial charge < -0.3 is 10.1 Å². The maximum atomic E-state index is 12.9. The topological polar surface area (TPSA) is 82.4 Å². The Morgan fingerprint density at radius 3 is 2.33 bits per heavy atom. The van der Waals surface area contributed by atoms with Crippen molar-refractivity contribution in [3.05, 3.63) is 64.7 Å². The molecule has 1 aliphatic rings. The van der Waals surface area contributed by atoms with Crippen LogP contribution in [0.5, 0.6) is 5.75 Å². The van der Waals surface area contributed by atoms with Crippen LogP contribution in [0.2, 0.25) is 0 Å². The second-order valence-electron chi connectivity index (χ2n) is 6.87. The second kappa shape index (κ2) is 7.12. The zero-order valence-corrected chi connectivity index (χ0v) is 15.6. The van der Waals surface area contributed by atoms with E-state index in [-0.39, 0.29) is 19.1 Å². The summed E-state index contributed by atoms with van der Waals surface area (Å²) in [6.45, 7) is 6.01. The summed E-state index contributed by atoms with van der Waals surface area (Å²) < 4.78 is 5.72. The number of aryl methyl sites for hydroxylation is 2. The summed E-state index contributed by atoms with van der Waals surface area (Å²) in [4.78, 5) is 26.4. The summed E-state index contributed by atoms with van der Waals surface area (Å²) >= 11 is 0. The Hall–Kier alpha value is -3.33. The van der Waals surface area contributed by atoms with E-state index in [0.717, 1.165) is 16.9 Å². The van der Waals surface area contributed by atoms with Gasteiger partial charge in [0.15, 0.2) is 0 Å². The first-order chi connectivity index (χ1) is 12.8. The van der Waals surface area contributed by atoms with Crippen LogP contribution in [0.4, 0.5) is 4.79 Å². The highest BCUT2D eigenvalue weighted by molar-refractivity contribution is 6.07. The molecule has 1 fully saturated rings. The van der Waals surface area contributed by atoms with Gasteiger partial charge in [-0.2, -0.15) is 5.26 Å². The average molecular weight is 363 g/mol. The average Bonchev–Trinajstić information content (AvgIpc) is 2.85. The van der Waals surface area contributed by atoms with Crippen LogP contribution in [0.15, 0.2) is 42.5 Å². The van der Waals surface area contributed by atoms with E-state index in [0.29, 0.717) is 11.1 Å². The van der Waals surface area contributed by atoms with E-state index in [2.05, 4.69) is 5.32 Å². The molecule has 3 rings (SSSR count). The van der Waals surface area contributed by atoms with E-state index in [1.807, 2.05) is 38.1 Å². The summed E-state index contributed by atoms with van der Waals surface area (Å²) in [6, 6.07) is 14.1. The minimum atomic E-state index is -1.15. The largest absolute Gasteiger partial charge is 0.492 e. The van der Waals surface area contributed by atoms with Crippen molar-refractivity contribution >= 4 is 11.9 Å². The Balaban J connectivity index is 1.69. The molecule has 0 saturated carbocycles. The Morgan fingerprint density at radius 1 is 1.11 bits per heavy atom. The number of amides is 3. The molecule has 0 bridgehead atoms. The second-order valence-corrected chi connectivity index (χ2v) is 6.87. The standard InChI is InChI=1S/C21H21N3O3/c1-14-10-15(2)12-18(11-14)27-9-8-24-19(25)21(3,23-20(24)26)17-6-4-16(13-22)5-7-17/h4-7,10-12H,8-9H2,1-3H3,(H,23,26). The van der Waals surface area contributed by atoms with Crippen LogP contribution in [0.3, 0.4) is 0 Å². The number of urea groups is 1. The van der Waals surface area contributed by atoms with Crippen molar-refractivity contribution in [2.75, 3.05) is 13.2 Å². The number of nitriles is 1. The van der Waals surface area contributed by atoms with E-state index in [9.17, 15) is 9.59 Å². The molecule has 138 valence electrons. The summed E-state index contributed by atoms with van der Waals surface area (Å²) in [6.07, 6.45) is 0. The van der Waals surface area contributed by atoms with Gasteiger partial charge in [0.05, 0.1) is 18.2 Å². The maximum absolute atomic E-state index is 12.9. The monoisotopic (exact) mass is 363 g/mol. The molecule has 0 aromatic heterocycles. The van der Waals surface area contributed by atoms with Crippen LogP contribution < -0.4 is 10.1 Å². The number of carbonyl (C=O) groups excluding carboxylic acids is 2. The zero-order chi connectivity index (χ0) is 19.6. The molecule has 0 spiro atoms. The van der Waals surface area contributed by atoms with Crippen molar-refractivity contribution in [2.45, 2.75) is 26.3 Å². The molecule has 0 radical (unpaired) electrons. The molecule has 1 N–H and O–H groups in total. The predicted octanol–water partition coefficient (Wildman–Crippen LogP) is 3.02. The Labute approximate surface area is 158 Å². The molecule has 6 nitrogen and oxygen atoms in total. The fourth-order valence-corrected chi connectivity index (χ4v) is 3.24. The van der Waals surface area contributed by atoms with E-state index in [4.69, 9.17) is 10.00 Å². The van der Waals surface area contributed by atoms with Crippen LogP contribution in [-0.2, 0) is 10.3 Å². The van der Waals surface area contributed by atoms with E-state index in [1.165, 1.54) is 4.90 Å². The molecule has 3 amide bonds. The van der Waals surface area contributed by atoms with Gasteiger partial charge in [0.2, 0.25) is 0 Å². The lowest BCUT2D eigenvalue weighted by Gasteiger charge is -2.22. The Morgan fingerprint density at radius 2 is 1.74 bits per heavy atom. The number of carbonyl (C=O) groups is 2. The van der Waals surface area contributed by atoms with Crippen LogP contribution >= 0.6 is 0 Å². The number of ether oxygens (including phenoxy) is 1. The Bertz CT molecular complexity index is 910. The predicted molar refractivity (Wildman–Crippen MR) is 100 cm³/mol. The van der Waals surface area contributed by atoms with Crippen molar-refractivity contribution in [3.63, 3.8) is 0 Å². The normalized spacial score (nSPS) is 19.0. The van der Waals surface area contributed by atoms with Crippen LogP contribution in [0.25, 0.3) is 0 Å². The molecule has 1 atom stereocenters. The van der Waals surface area contributed by atoms with Crippen molar-refractivity contribution in [2.24, 2.45) is 0 Å². The highest BCUT2D eigenvalue weighted by Crippen LogP contribution is 2.29. The zero-order valence-electron chi connectivity index (χ0n) is 15.6. The molecule has 0 aliphatic carbocycles. The van der Waals surface area contributed by atoms with Crippen molar-refractivity contribution in [3.8, 4) is 11.8 Å². The molecule has 1 heterocycles. The summed E-state index contributed by atoms with van der Waals surface area (Å²) in [5.74, 6) is 0.385. The molecular formula is C21H21N3O3. The smallest absolute Gasteiger partial charge is 0.325 e. The first-order valence-electron chi connectivity index (χ1n) is 8.69. The molecule has 27 heavy (non-hydrogen) atoms. The molecule has 2 aromatic rings. The van der Waals surface area contributed by atoms with Gasteiger partial charge in [-0.15, -0.1) is 0 Å².